The summed E-state index contributed by atoms with van der Waals surface area (Å²) in [5.41, 5.74) is 3.01. The van der Waals surface area contributed by atoms with Crippen LogP contribution in [0.1, 0.15) is 27.0 Å². The van der Waals surface area contributed by atoms with Gasteiger partial charge in [0.1, 0.15) is 6.26 Å². The lowest BCUT2D eigenvalue weighted by atomic mass is 9.99. The molecule has 0 N–H and O–H groups in total. The van der Waals surface area contributed by atoms with Gasteiger partial charge in [0.25, 0.3) is 0 Å². The Kier molecular flexibility index (Phi) is 2.84. The Balaban J connectivity index is 2.49. The number of hydrogen-bond donors (Lipinski definition) is 0. The zero-order chi connectivity index (χ0) is 11.7. The number of carbonyl (C=O) groups is 1. The maximum Gasteiger partial charge on any atom is 0.196 e. The van der Waals surface area contributed by atoms with Crippen LogP contribution in [0.4, 0.5) is 0 Å². The van der Waals surface area contributed by atoms with Crippen molar-refractivity contribution in [2.24, 2.45) is 0 Å². The first-order valence-corrected chi connectivity index (χ1v) is 5.31. The quantitative estimate of drug-likeness (QED) is 0.741. The number of aryl methyl sites for hydroxylation is 2. The number of benzene rings is 1. The first-order chi connectivity index (χ1) is 7.59. The predicted molar refractivity (Wildman–Crippen MR) is 63.1 cm³/mol. The Hall–Kier alpha value is -1.54. The van der Waals surface area contributed by atoms with Gasteiger partial charge in [-0.05, 0) is 43.2 Å². The molecule has 2 aromatic rings. The fraction of sp³-hybridized carbons (Fsp3) is 0.154. The fourth-order valence-electron chi connectivity index (χ4n) is 1.57. The van der Waals surface area contributed by atoms with Gasteiger partial charge in [-0.2, -0.15) is 0 Å². The number of rotatable bonds is 2. The van der Waals surface area contributed by atoms with E-state index in [0.29, 0.717) is 16.1 Å². The Morgan fingerprint density at radius 3 is 2.62 bits per heavy atom. The summed E-state index contributed by atoms with van der Waals surface area (Å²) in [4.78, 5) is 12.1. The first-order valence-electron chi connectivity index (χ1n) is 4.93. The maximum atomic E-state index is 12.1. The van der Waals surface area contributed by atoms with Crippen LogP contribution in [0.25, 0.3) is 0 Å². The van der Waals surface area contributed by atoms with Gasteiger partial charge in [0.15, 0.2) is 5.78 Å². The van der Waals surface area contributed by atoms with E-state index in [1.807, 2.05) is 26.0 Å². The minimum Gasteiger partial charge on any atom is -0.472 e. The molecule has 0 aliphatic rings. The molecule has 0 aliphatic heterocycles. The van der Waals surface area contributed by atoms with Crippen LogP contribution in [0.2, 0.25) is 5.02 Å². The summed E-state index contributed by atoms with van der Waals surface area (Å²) in [5, 5.41) is 0.682. The third kappa shape index (κ3) is 1.89. The molecular weight excluding hydrogens is 224 g/mol. The first kappa shape index (κ1) is 11.0. The van der Waals surface area contributed by atoms with Crippen molar-refractivity contribution < 1.29 is 9.21 Å². The van der Waals surface area contributed by atoms with E-state index in [1.54, 1.807) is 6.07 Å². The Morgan fingerprint density at radius 2 is 2.00 bits per heavy atom. The molecular formula is C13H11ClO2. The summed E-state index contributed by atoms with van der Waals surface area (Å²) in [6.07, 6.45) is 2.94. The van der Waals surface area contributed by atoms with Gasteiger partial charge in [0.05, 0.1) is 11.8 Å². The molecule has 0 atom stereocenters. The smallest absolute Gasteiger partial charge is 0.196 e. The van der Waals surface area contributed by atoms with Crippen molar-refractivity contribution in [3.05, 3.63) is 58.0 Å². The molecule has 16 heavy (non-hydrogen) atoms. The molecule has 82 valence electrons. The molecule has 1 aromatic heterocycles. The molecule has 0 spiro atoms. The molecule has 1 aromatic carbocycles. The monoisotopic (exact) mass is 234 g/mol. The molecule has 0 saturated carbocycles. The molecule has 0 amide bonds. The van der Waals surface area contributed by atoms with Crippen molar-refractivity contribution in [1.82, 2.24) is 0 Å². The highest BCUT2D eigenvalue weighted by Gasteiger charge is 2.14. The van der Waals surface area contributed by atoms with Crippen molar-refractivity contribution in [1.29, 1.82) is 0 Å². The summed E-state index contributed by atoms with van der Waals surface area (Å²) in [5.74, 6) is -0.0361. The second-order valence-corrected chi connectivity index (χ2v) is 4.16. The minimum absolute atomic E-state index is 0.0361. The van der Waals surface area contributed by atoms with E-state index in [0.717, 1.165) is 11.1 Å². The van der Waals surface area contributed by atoms with Crippen LogP contribution in [0.3, 0.4) is 0 Å². The summed E-state index contributed by atoms with van der Waals surface area (Å²) < 4.78 is 4.90. The van der Waals surface area contributed by atoms with Gasteiger partial charge in [-0.15, -0.1) is 0 Å². The lowest BCUT2D eigenvalue weighted by Gasteiger charge is -2.06. The van der Waals surface area contributed by atoms with Crippen molar-refractivity contribution in [3.8, 4) is 0 Å². The third-order valence-electron chi connectivity index (χ3n) is 2.53. The van der Waals surface area contributed by atoms with Crippen LogP contribution in [0.5, 0.6) is 0 Å². The van der Waals surface area contributed by atoms with Crippen LogP contribution in [-0.2, 0) is 0 Å². The predicted octanol–water partition coefficient (Wildman–Crippen LogP) is 3.78. The molecule has 0 radical (unpaired) electrons. The van der Waals surface area contributed by atoms with Crippen LogP contribution in [0, 0.1) is 13.8 Å². The highest BCUT2D eigenvalue weighted by molar-refractivity contribution is 6.31. The lowest BCUT2D eigenvalue weighted by Crippen LogP contribution is -2.03. The third-order valence-corrected chi connectivity index (χ3v) is 2.94. The van der Waals surface area contributed by atoms with Gasteiger partial charge >= 0.3 is 0 Å². The Labute approximate surface area is 98.8 Å². The van der Waals surface area contributed by atoms with Crippen molar-refractivity contribution in [2.75, 3.05) is 0 Å². The molecule has 0 bridgehead atoms. The maximum absolute atomic E-state index is 12.1. The molecule has 1 heterocycles. The molecule has 2 rings (SSSR count). The van der Waals surface area contributed by atoms with Crippen LogP contribution in [0.15, 0.2) is 35.1 Å². The summed E-state index contributed by atoms with van der Waals surface area (Å²) in [6.45, 7) is 3.76. The van der Waals surface area contributed by atoms with Gasteiger partial charge < -0.3 is 4.42 Å². The number of ketones is 1. The van der Waals surface area contributed by atoms with E-state index in [-0.39, 0.29) is 5.78 Å². The standard InChI is InChI=1S/C13H11ClO2/c1-8-6-12(14)9(2)5-11(8)13(15)10-3-4-16-7-10/h3-7H,1-2H3. The number of hydrogen-bond acceptors (Lipinski definition) is 2. The van der Waals surface area contributed by atoms with Crippen molar-refractivity contribution >= 4 is 17.4 Å². The zero-order valence-electron chi connectivity index (χ0n) is 9.08. The van der Waals surface area contributed by atoms with E-state index in [2.05, 4.69) is 0 Å². The molecule has 0 saturated heterocycles. The highest BCUT2D eigenvalue weighted by atomic mass is 35.5. The van der Waals surface area contributed by atoms with Gasteiger partial charge in [-0.3, -0.25) is 4.79 Å². The van der Waals surface area contributed by atoms with Crippen LogP contribution >= 0.6 is 11.6 Å². The molecule has 0 aliphatic carbocycles. The van der Waals surface area contributed by atoms with Crippen molar-refractivity contribution in [2.45, 2.75) is 13.8 Å². The number of carbonyl (C=O) groups excluding carboxylic acids is 1. The summed E-state index contributed by atoms with van der Waals surface area (Å²) in [7, 11) is 0. The number of halogens is 1. The van der Waals surface area contributed by atoms with Gasteiger partial charge in [0, 0.05) is 10.6 Å². The molecule has 2 nitrogen and oxygen atoms in total. The topological polar surface area (TPSA) is 30.2 Å². The van der Waals surface area contributed by atoms with E-state index < -0.39 is 0 Å². The zero-order valence-corrected chi connectivity index (χ0v) is 9.84. The average molecular weight is 235 g/mol. The fourth-order valence-corrected chi connectivity index (χ4v) is 1.79. The van der Waals surface area contributed by atoms with Gasteiger partial charge in [-0.25, -0.2) is 0 Å². The largest absolute Gasteiger partial charge is 0.472 e. The highest BCUT2D eigenvalue weighted by Crippen LogP contribution is 2.22. The Morgan fingerprint density at radius 1 is 1.25 bits per heavy atom. The number of furan rings is 1. The van der Waals surface area contributed by atoms with E-state index in [1.165, 1.54) is 12.5 Å². The summed E-state index contributed by atoms with van der Waals surface area (Å²) >= 11 is 5.99. The summed E-state index contributed by atoms with van der Waals surface area (Å²) in [6, 6.07) is 5.28. The van der Waals surface area contributed by atoms with Crippen LogP contribution in [-0.4, -0.2) is 5.78 Å². The SMILES string of the molecule is Cc1cc(C(=O)c2ccoc2)c(C)cc1Cl. The van der Waals surface area contributed by atoms with Gasteiger partial charge in [-0.1, -0.05) is 11.6 Å². The normalized spacial score (nSPS) is 10.4. The second-order valence-electron chi connectivity index (χ2n) is 3.76. The average Bonchev–Trinajstić information content (AvgIpc) is 2.75. The molecule has 0 fully saturated rings. The van der Waals surface area contributed by atoms with Crippen molar-refractivity contribution in [3.63, 3.8) is 0 Å². The minimum atomic E-state index is -0.0361. The lowest BCUT2D eigenvalue weighted by molar-refractivity contribution is 0.103. The second kappa shape index (κ2) is 4.14. The molecule has 0 unspecified atom stereocenters. The van der Waals surface area contributed by atoms with E-state index >= 15 is 0 Å². The van der Waals surface area contributed by atoms with E-state index in [9.17, 15) is 4.79 Å². The molecule has 3 heteroatoms. The van der Waals surface area contributed by atoms with E-state index in [4.69, 9.17) is 16.0 Å². The van der Waals surface area contributed by atoms with Crippen LogP contribution < -0.4 is 0 Å². The Bertz CT molecular complexity index is 527. The van der Waals surface area contributed by atoms with Gasteiger partial charge in [0.2, 0.25) is 0 Å².